The van der Waals surface area contributed by atoms with Gasteiger partial charge in [-0.25, -0.2) is 0 Å². The van der Waals surface area contributed by atoms with E-state index >= 15 is 0 Å². The van der Waals surface area contributed by atoms with Gasteiger partial charge < -0.3 is 10.1 Å². The Morgan fingerprint density at radius 3 is 2.60 bits per heavy atom. The number of methoxy groups -OCH3 is 1. The molecule has 25 heavy (non-hydrogen) atoms. The topological polar surface area (TPSA) is 34.1 Å². The highest BCUT2D eigenvalue weighted by molar-refractivity contribution is 6.31. The number of pyridine rings is 1. The van der Waals surface area contributed by atoms with Gasteiger partial charge in [-0.15, -0.1) is 0 Å². The molecule has 1 aliphatic rings. The predicted molar refractivity (Wildman–Crippen MR) is 105 cm³/mol. The van der Waals surface area contributed by atoms with Gasteiger partial charge >= 0.3 is 0 Å². The molecule has 2 aromatic carbocycles. The van der Waals surface area contributed by atoms with E-state index in [0.29, 0.717) is 10.0 Å². The van der Waals surface area contributed by atoms with Crippen LogP contribution in [0.1, 0.15) is 24.1 Å². The van der Waals surface area contributed by atoms with Crippen LogP contribution in [0.5, 0.6) is 5.75 Å². The average Bonchev–Trinajstić information content (AvgIpc) is 2.61. The van der Waals surface area contributed by atoms with Crippen LogP contribution >= 0.6 is 23.2 Å². The number of nitrogens with zero attached hydrogens (tertiary/aromatic N) is 1. The summed E-state index contributed by atoms with van der Waals surface area (Å²) in [5, 5.41) is 5.99. The van der Waals surface area contributed by atoms with Gasteiger partial charge in [-0.1, -0.05) is 23.2 Å². The molecule has 3 aromatic rings. The van der Waals surface area contributed by atoms with Crippen LogP contribution in [0.25, 0.3) is 10.9 Å². The van der Waals surface area contributed by atoms with E-state index in [1.165, 1.54) is 18.4 Å². The van der Waals surface area contributed by atoms with Gasteiger partial charge in [-0.05, 0) is 67.6 Å². The summed E-state index contributed by atoms with van der Waals surface area (Å²) in [5.41, 5.74) is 5.28. The zero-order valence-electron chi connectivity index (χ0n) is 13.9. The Morgan fingerprint density at radius 1 is 1.00 bits per heavy atom. The maximum absolute atomic E-state index is 6.20. The van der Waals surface area contributed by atoms with E-state index < -0.39 is 0 Å². The van der Waals surface area contributed by atoms with E-state index in [-0.39, 0.29) is 0 Å². The Balaban J connectivity index is 1.92. The number of rotatable bonds is 3. The van der Waals surface area contributed by atoms with Crippen molar-refractivity contribution in [1.82, 2.24) is 4.98 Å². The van der Waals surface area contributed by atoms with E-state index in [1.54, 1.807) is 7.11 Å². The molecule has 4 rings (SSSR count). The van der Waals surface area contributed by atoms with Gasteiger partial charge in [0.25, 0.3) is 0 Å². The number of benzene rings is 2. The molecule has 3 nitrogen and oxygen atoms in total. The number of anilines is 2. The number of halogens is 2. The Labute approximate surface area is 156 Å². The highest BCUT2D eigenvalue weighted by Gasteiger charge is 2.19. The van der Waals surface area contributed by atoms with Gasteiger partial charge in [0.15, 0.2) is 0 Å². The molecule has 0 spiro atoms. The third-order valence-corrected chi connectivity index (χ3v) is 5.12. The predicted octanol–water partition coefficient (Wildman–Crippen LogP) is 6.17. The summed E-state index contributed by atoms with van der Waals surface area (Å²) in [5.74, 6) is 0.757. The first-order valence-corrected chi connectivity index (χ1v) is 9.13. The Hall–Kier alpha value is -1.97. The summed E-state index contributed by atoms with van der Waals surface area (Å²) in [6.07, 6.45) is 4.37. The van der Waals surface area contributed by atoms with Crippen LogP contribution in [-0.4, -0.2) is 12.1 Å². The van der Waals surface area contributed by atoms with Crippen molar-refractivity contribution in [2.24, 2.45) is 0 Å². The first-order chi connectivity index (χ1) is 12.2. The van der Waals surface area contributed by atoms with Crippen LogP contribution in [0.4, 0.5) is 11.4 Å². The molecular weight excluding hydrogens is 355 g/mol. The van der Waals surface area contributed by atoms with Gasteiger partial charge in [-0.3, -0.25) is 4.98 Å². The van der Waals surface area contributed by atoms with Gasteiger partial charge in [-0.2, -0.15) is 0 Å². The monoisotopic (exact) mass is 372 g/mol. The third kappa shape index (κ3) is 3.14. The summed E-state index contributed by atoms with van der Waals surface area (Å²) in [6, 6.07) is 11.4. The van der Waals surface area contributed by atoms with E-state index in [4.69, 9.17) is 32.9 Å². The van der Waals surface area contributed by atoms with E-state index in [2.05, 4.69) is 5.32 Å². The quantitative estimate of drug-likeness (QED) is 0.596. The molecule has 0 saturated carbocycles. The normalized spacial score (nSPS) is 13.6. The van der Waals surface area contributed by atoms with Crippen LogP contribution in [0.3, 0.4) is 0 Å². The van der Waals surface area contributed by atoms with Crippen LogP contribution in [0.15, 0.2) is 36.4 Å². The lowest BCUT2D eigenvalue weighted by Crippen LogP contribution is -2.10. The van der Waals surface area contributed by atoms with Crippen LogP contribution < -0.4 is 10.1 Å². The number of hydrogen-bond acceptors (Lipinski definition) is 3. The highest BCUT2D eigenvalue weighted by Crippen LogP contribution is 2.38. The number of nitrogens with one attached hydrogen (secondary N) is 1. The van der Waals surface area contributed by atoms with Gasteiger partial charge in [0, 0.05) is 21.1 Å². The first kappa shape index (κ1) is 16.5. The summed E-state index contributed by atoms with van der Waals surface area (Å²) in [6.45, 7) is 0. The molecule has 1 aromatic heterocycles. The summed E-state index contributed by atoms with van der Waals surface area (Å²) in [4.78, 5) is 4.86. The second kappa shape index (κ2) is 6.74. The minimum absolute atomic E-state index is 0.665. The maximum Gasteiger partial charge on any atom is 0.142 e. The van der Waals surface area contributed by atoms with Gasteiger partial charge in [0.05, 0.1) is 24.0 Å². The van der Waals surface area contributed by atoms with Crippen LogP contribution in [0, 0.1) is 0 Å². The van der Waals surface area contributed by atoms with E-state index in [9.17, 15) is 0 Å². The van der Waals surface area contributed by atoms with Gasteiger partial charge in [0.1, 0.15) is 5.75 Å². The Bertz CT molecular complexity index is 956. The molecular formula is C20H18Cl2N2O. The summed E-state index contributed by atoms with van der Waals surface area (Å²) < 4.78 is 5.49. The minimum Gasteiger partial charge on any atom is -0.495 e. The number of fused-ring (bicyclic) bond motifs is 2. The van der Waals surface area contributed by atoms with Crippen molar-refractivity contribution < 1.29 is 4.74 Å². The number of aromatic nitrogens is 1. The van der Waals surface area contributed by atoms with Crippen molar-refractivity contribution in [3.63, 3.8) is 0 Å². The van der Waals surface area contributed by atoms with Crippen molar-refractivity contribution in [2.75, 3.05) is 12.4 Å². The molecule has 0 unspecified atom stereocenters. The molecule has 0 fully saturated rings. The van der Waals surface area contributed by atoms with Crippen molar-refractivity contribution in [1.29, 1.82) is 0 Å². The molecule has 128 valence electrons. The van der Waals surface area contributed by atoms with Crippen molar-refractivity contribution in [3.8, 4) is 5.75 Å². The minimum atomic E-state index is 0.665. The zero-order valence-corrected chi connectivity index (χ0v) is 15.4. The standard InChI is InChI=1S/C20H18Cl2N2O/c1-25-19-9-7-13(22)11-18(19)24-20-14-4-2-3-5-16(14)23-17-10-12(21)6-8-15(17)20/h6-11H,2-5H2,1H3,(H,23,24). The van der Waals surface area contributed by atoms with E-state index in [1.807, 2.05) is 36.4 Å². The highest BCUT2D eigenvalue weighted by atomic mass is 35.5. The SMILES string of the molecule is COc1ccc(Cl)cc1Nc1c2c(nc3cc(Cl)ccc13)CCCC2. The fourth-order valence-electron chi connectivity index (χ4n) is 3.45. The molecule has 0 bridgehead atoms. The third-order valence-electron chi connectivity index (χ3n) is 4.65. The molecule has 0 atom stereocenters. The molecule has 0 amide bonds. The summed E-state index contributed by atoms with van der Waals surface area (Å²) >= 11 is 12.4. The largest absolute Gasteiger partial charge is 0.495 e. The van der Waals surface area contributed by atoms with Gasteiger partial charge in [0.2, 0.25) is 0 Å². The smallest absolute Gasteiger partial charge is 0.142 e. The lowest BCUT2D eigenvalue weighted by Gasteiger charge is -2.22. The second-order valence-electron chi connectivity index (χ2n) is 6.25. The second-order valence-corrected chi connectivity index (χ2v) is 7.12. The molecule has 1 N–H and O–H groups in total. The zero-order chi connectivity index (χ0) is 17.4. The maximum atomic E-state index is 6.20. The lowest BCUT2D eigenvalue weighted by molar-refractivity contribution is 0.417. The Kier molecular flexibility index (Phi) is 4.45. The van der Waals surface area contributed by atoms with Crippen molar-refractivity contribution in [2.45, 2.75) is 25.7 Å². The molecule has 5 heteroatoms. The first-order valence-electron chi connectivity index (χ1n) is 8.37. The number of ether oxygens (including phenoxy) is 1. The molecule has 1 heterocycles. The van der Waals surface area contributed by atoms with Crippen molar-refractivity contribution >= 4 is 45.5 Å². The number of aryl methyl sites for hydroxylation is 1. The summed E-state index contributed by atoms with van der Waals surface area (Å²) in [7, 11) is 1.66. The van der Waals surface area contributed by atoms with Crippen LogP contribution in [-0.2, 0) is 12.8 Å². The molecule has 0 radical (unpaired) electrons. The number of hydrogen-bond donors (Lipinski definition) is 1. The molecule has 1 aliphatic carbocycles. The molecule has 0 saturated heterocycles. The van der Waals surface area contributed by atoms with E-state index in [0.717, 1.165) is 46.6 Å². The fourth-order valence-corrected chi connectivity index (χ4v) is 3.79. The Morgan fingerprint density at radius 2 is 1.76 bits per heavy atom. The lowest BCUT2D eigenvalue weighted by atomic mass is 9.92. The van der Waals surface area contributed by atoms with Crippen molar-refractivity contribution in [3.05, 3.63) is 57.7 Å². The fraction of sp³-hybridized carbons (Fsp3) is 0.250. The average molecular weight is 373 g/mol. The molecule has 0 aliphatic heterocycles. The van der Waals surface area contributed by atoms with Crippen LogP contribution in [0.2, 0.25) is 10.0 Å².